The highest BCUT2D eigenvalue weighted by Gasteiger charge is 2.17. The zero-order valence-electron chi connectivity index (χ0n) is 12.6. The summed E-state index contributed by atoms with van der Waals surface area (Å²) in [7, 11) is 0. The van der Waals surface area contributed by atoms with E-state index in [1.165, 1.54) is 0 Å². The summed E-state index contributed by atoms with van der Waals surface area (Å²) in [6.07, 6.45) is 0. The van der Waals surface area contributed by atoms with Crippen LogP contribution in [0.5, 0.6) is 5.75 Å². The van der Waals surface area contributed by atoms with Crippen LogP contribution in [0.25, 0.3) is 0 Å². The van der Waals surface area contributed by atoms with Gasteiger partial charge in [-0.1, -0.05) is 38.4 Å². The molecule has 0 saturated carbocycles. The van der Waals surface area contributed by atoms with Crippen molar-refractivity contribution in [3.05, 3.63) is 28.8 Å². The summed E-state index contributed by atoms with van der Waals surface area (Å²) in [5, 5.41) is 0.779. The van der Waals surface area contributed by atoms with E-state index in [9.17, 15) is 0 Å². The number of rotatable bonds is 4. The van der Waals surface area contributed by atoms with E-state index in [1.54, 1.807) is 0 Å². The summed E-state index contributed by atoms with van der Waals surface area (Å²) in [5.41, 5.74) is 1.21. The summed E-state index contributed by atoms with van der Waals surface area (Å²) >= 11 is 6.33. The average molecular weight is 298 g/mol. The van der Waals surface area contributed by atoms with Crippen molar-refractivity contribution in [3.8, 4) is 5.75 Å². The van der Waals surface area contributed by atoms with Crippen LogP contribution < -0.4 is 4.74 Å². The van der Waals surface area contributed by atoms with Crippen LogP contribution in [0.3, 0.4) is 0 Å². The lowest BCUT2D eigenvalue weighted by Crippen LogP contribution is -2.38. The highest BCUT2D eigenvalue weighted by atomic mass is 35.5. The Morgan fingerprint density at radius 2 is 1.95 bits per heavy atom. The van der Waals surface area contributed by atoms with Gasteiger partial charge in [0.2, 0.25) is 0 Å². The lowest BCUT2D eigenvalue weighted by atomic mass is 9.87. The molecule has 0 atom stereocenters. The third-order valence-corrected chi connectivity index (χ3v) is 3.84. The van der Waals surface area contributed by atoms with Crippen LogP contribution in [0.2, 0.25) is 5.02 Å². The summed E-state index contributed by atoms with van der Waals surface area (Å²) in [5.74, 6) is 0.844. The maximum Gasteiger partial charge on any atom is 0.120 e. The predicted octanol–water partition coefficient (Wildman–Crippen LogP) is 3.35. The molecule has 0 spiro atoms. The number of hydrogen-bond donors (Lipinski definition) is 0. The lowest BCUT2D eigenvalue weighted by Gasteiger charge is -2.26. The zero-order chi connectivity index (χ0) is 14.6. The summed E-state index contributed by atoms with van der Waals surface area (Å²) in [6.45, 7) is 11.7. The molecule has 4 heteroatoms. The van der Waals surface area contributed by atoms with Crippen LogP contribution >= 0.6 is 11.6 Å². The molecule has 0 aromatic heterocycles. The van der Waals surface area contributed by atoms with E-state index in [2.05, 4.69) is 31.7 Å². The molecule has 0 unspecified atom stereocenters. The number of morpholine rings is 1. The molecule has 0 N–H and O–H groups in total. The number of nitrogens with zero attached hydrogens (tertiary/aromatic N) is 1. The minimum Gasteiger partial charge on any atom is -0.492 e. The van der Waals surface area contributed by atoms with Gasteiger partial charge in [-0.2, -0.15) is 0 Å². The van der Waals surface area contributed by atoms with Crippen molar-refractivity contribution in [2.75, 3.05) is 39.5 Å². The molecule has 0 aliphatic carbocycles. The van der Waals surface area contributed by atoms with Gasteiger partial charge in [-0.3, -0.25) is 4.90 Å². The van der Waals surface area contributed by atoms with Crippen LogP contribution in [0, 0.1) is 0 Å². The van der Waals surface area contributed by atoms with Crippen molar-refractivity contribution >= 4 is 11.6 Å². The molecule has 1 heterocycles. The van der Waals surface area contributed by atoms with Crippen LogP contribution in [0.4, 0.5) is 0 Å². The first-order valence-corrected chi connectivity index (χ1v) is 7.57. The van der Waals surface area contributed by atoms with E-state index in [4.69, 9.17) is 21.1 Å². The van der Waals surface area contributed by atoms with Crippen molar-refractivity contribution in [3.63, 3.8) is 0 Å². The smallest absolute Gasteiger partial charge is 0.120 e. The molecule has 1 aromatic carbocycles. The molecule has 1 aliphatic heterocycles. The SMILES string of the molecule is CC(C)(C)c1ccc(OCCN2CCOCC2)cc1Cl. The van der Waals surface area contributed by atoms with E-state index in [-0.39, 0.29) is 5.41 Å². The molecule has 1 fully saturated rings. The maximum atomic E-state index is 6.33. The van der Waals surface area contributed by atoms with Gasteiger partial charge in [0.05, 0.1) is 13.2 Å². The third kappa shape index (κ3) is 4.37. The first-order chi connectivity index (χ1) is 9.47. The highest BCUT2D eigenvalue weighted by Crippen LogP contribution is 2.32. The van der Waals surface area contributed by atoms with Crippen LogP contribution in [0.1, 0.15) is 26.3 Å². The molecule has 3 nitrogen and oxygen atoms in total. The van der Waals surface area contributed by atoms with E-state index >= 15 is 0 Å². The standard InChI is InChI=1S/C16H24ClNO2/c1-16(2,3)14-5-4-13(12-15(14)17)20-11-8-18-6-9-19-10-7-18/h4-5,12H,6-11H2,1-3H3. The Morgan fingerprint density at radius 1 is 1.25 bits per heavy atom. The van der Waals surface area contributed by atoms with Gasteiger partial charge in [-0.05, 0) is 23.1 Å². The number of hydrogen-bond acceptors (Lipinski definition) is 3. The Balaban J connectivity index is 1.85. The maximum absolute atomic E-state index is 6.33. The minimum atomic E-state index is 0.0589. The molecule has 20 heavy (non-hydrogen) atoms. The topological polar surface area (TPSA) is 21.7 Å². The fraction of sp³-hybridized carbons (Fsp3) is 0.625. The Labute approximate surface area is 126 Å². The predicted molar refractivity (Wildman–Crippen MR) is 82.9 cm³/mol. The quantitative estimate of drug-likeness (QED) is 0.851. The summed E-state index contributed by atoms with van der Waals surface area (Å²) < 4.78 is 11.1. The zero-order valence-corrected chi connectivity index (χ0v) is 13.4. The molecule has 1 aromatic rings. The number of ether oxygens (including phenoxy) is 2. The van der Waals surface area contributed by atoms with Crippen molar-refractivity contribution < 1.29 is 9.47 Å². The average Bonchev–Trinajstić information content (AvgIpc) is 2.38. The molecule has 1 aliphatic rings. The lowest BCUT2D eigenvalue weighted by molar-refractivity contribution is 0.0322. The number of halogens is 1. The molecule has 0 amide bonds. The first-order valence-electron chi connectivity index (χ1n) is 7.20. The molecule has 1 saturated heterocycles. The van der Waals surface area contributed by atoms with E-state index in [0.29, 0.717) is 6.61 Å². The Bertz CT molecular complexity index is 437. The van der Waals surface area contributed by atoms with E-state index < -0.39 is 0 Å². The molecular formula is C16H24ClNO2. The van der Waals surface area contributed by atoms with Crippen molar-refractivity contribution in [1.82, 2.24) is 4.90 Å². The fourth-order valence-electron chi connectivity index (χ4n) is 2.31. The van der Waals surface area contributed by atoms with Crippen LogP contribution in [-0.2, 0) is 10.2 Å². The largest absolute Gasteiger partial charge is 0.492 e. The third-order valence-electron chi connectivity index (χ3n) is 3.53. The van der Waals surface area contributed by atoms with Gasteiger partial charge in [0, 0.05) is 24.7 Å². The van der Waals surface area contributed by atoms with Gasteiger partial charge in [-0.25, -0.2) is 0 Å². The van der Waals surface area contributed by atoms with Gasteiger partial charge in [-0.15, -0.1) is 0 Å². The molecule has 112 valence electrons. The van der Waals surface area contributed by atoms with Crippen molar-refractivity contribution in [2.24, 2.45) is 0 Å². The van der Waals surface area contributed by atoms with E-state index in [0.717, 1.165) is 49.2 Å². The molecule has 2 rings (SSSR count). The minimum absolute atomic E-state index is 0.0589. The second kappa shape index (κ2) is 6.79. The van der Waals surface area contributed by atoms with Gasteiger partial charge >= 0.3 is 0 Å². The second-order valence-electron chi connectivity index (χ2n) is 6.19. The van der Waals surface area contributed by atoms with Gasteiger partial charge < -0.3 is 9.47 Å². The normalized spacial score (nSPS) is 17.2. The second-order valence-corrected chi connectivity index (χ2v) is 6.60. The Kier molecular flexibility index (Phi) is 5.30. The van der Waals surface area contributed by atoms with E-state index in [1.807, 2.05) is 12.1 Å². The Morgan fingerprint density at radius 3 is 2.55 bits per heavy atom. The van der Waals surface area contributed by atoms with Crippen LogP contribution in [-0.4, -0.2) is 44.4 Å². The summed E-state index contributed by atoms with van der Waals surface area (Å²) in [4.78, 5) is 2.36. The van der Waals surface area contributed by atoms with Crippen molar-refractivity contribution in [1.29, 1.82) is 0 Å². The monoisotopic (exact) mass is 297 g/mol. The first kappa shape index (κ1) is 15.6. The fourth-order valence-corrected chi connectivity index (χ4v) is 2.77. The van der Waals surface area contributed by atoms with Gasteiger partial charge in [0.15, 0.2) is 0 Å². The van der Waals surface area contributed by atoms with Gasteiger partial charge in [0.1, 0.15) is 12.4 Å². The van der Waals surface area contributed by atoms with Gasteiger partial charge in [0.25, 0.3) is 0 Å². The summed E-state index contributed by atoms with van der Waals surface area (Å²) in [6, 6.07) is 5.99. The van der Waals surface area contributed by atoms with Crippen molar-refractivity contribution in [2.45, 2.75) is 26.2 Å². The highest BCUT2D eigenvalue weighted by molar-refractivity contribution is 6.31. The Hall–Kier alpha value is -0.770. The molecule has 0 radical (unpaired) electrons. The molecular weight excluding hydrogens is 274 g/mol. The molecule has 0 bridgehead atoms. The number of benzene rings is 1. The van der Waals surface area contributed by atoms with Crippen LogP contribution in [0.15, 0.2) is 18.2 Å².